The Kier molecular flexibility index (Phi) is 11.4. The highest BCUT2D eigenvalue weighted by Gasteiger charge is 2.42. The summed E-state index contributed by atoms with van der Waals surface area (Å²) in [4.78, 5) is 12.7. The van der Waals surface area contributed by atoms with E-state index in [1.165, 1.54) is 24.8 Å². The summed E-state index contributed by atoms with van der Waals surface area (Å²) in [6.45, 7) is 23.9. The summed E-state index contributed by atoms with van der Waals surface area (Å²) in [5, 5.41) is 0.418. The van der Waals surface area contributed by atoms with Gasteiger partial charge in [-0.25, -0.2) is 4.79 Å². The molecule has 0 aliphatic heterocycles. The molecule has 0 unspecified atom stereocenters. The zero-order chi connectivity index (χ0) is 27.9. The molecule has 37 heavy (non-hydrogen) atoms. The Labute approximate surface area is 229 Å². The number of esters is 1. The van der Waals surface area contributed by atoms with Gasteiger partial charge in [0, 0.05) is 13.0 Å². The average molecular weight is 547 g/mol. The number of unbranched alkanes of at least 4 members (excludes halogenated alkanes) is 4. The SMILES string of the molecule is CC(C)(C)[Si](C)(C)OCCCCCCCC1=C[C@@H](OC(=O)c2ccccc2)C[C@@H]1O[Si](C)(C)C(C)(C)C. The van der Waals surface area contributed by atoms with Crippen LogP contribution in [-0.4, -0.2) is 41.4 Å². The third kappa shape index (κ3) is 9.79. The van der Waals surface area contributed by atoms with Crippen LogP contribution in [0.1, 0.15) is 96.8 Å². The largest absolute Gasteiger partial charge is 0.454 e. The molecule has 2 rings (SSSR count). The Bertz CT molecular complexity index is 879. The first-order valence-corrected chi connectivity index (χ1v) is 20.1. The first-order chi connectivity index (χ1) is 17.0. The van der Waals surface area contributed by atoms with Gasteiger partial charge >= 0.3 is 5.97 Å². The van der Waals surface area contributed by atoms with Crippen LogP contribution in [0.5, 0.6) is 0 Å². The maximum Gasteiger partial charge on any atom is 0.338 e. The molecule has 0 bridgehead atoms. The van der Waals surface area contributed by atoms with Crippen LogP contribution in [0.15, 0.2) is 42.0 Å². The number of benzene rings is 1. The molecule has 6 heteroatoms. The van der Waals surface area contributed by atoms with Gasteiger partial charge < -0.3 is 13.6 Å². The molecular formula is C31H54O4Si2. The van der Waals surface area contributed by atoms with Crippen molar-refractivity contribution in [2.45, 2.75) is 135 Å². The molecule has 0 amide bonds. The first kappa shape index (κ1) is 32.0. The summed E-state index contributed by atoms with van der Waals surface area (Å²) in [6, 6.07) is 9.27. The van der Waals surface area contributed by atoms with Gasteiger partial charge in [0.2, 0.25) is 0 Å². The zero-order valence-electron chi connectivity index (χ0n) is 25.4. The zero-order valence-corrected chi connectivity index (χ0v) is 27.4. The summed E-state index contributed by atoms with van der Waals surface area (Å²) in [7, 11) is -3.57. The van der Waals surface area contributed by atoms with Gasteiger partial charge in [0.25, 0.3) is 0 Å². The molecule has 1 aliphatic rings. The first-order valence-electron chi connectivity index (χ1n) is 14.3. The fourth-order valence-corrected chi connectivity index (χ4v) is 6.44. The highest BCUT2D eigenvalue weighted by Crippen LogP contribution is 2.41. The number of hydrogen-bond acceptors (Lipinski definition) is 4. The van der Waals surface area contributed by atoms with Crippen molar-refractivity contribution in [2.24, 2.45) is 0 Å². The van der Waals surface area contributed by atoms with E-state index in [1.807, 2.05) is 30.3 Å². The van der Waals surface area contributed by atoms with Gasteiger partial charge in [0.1, 0.15) is 6.10 Å². The van der Waals surface area contributed by atoms with E-state index < -0.39 is 16.6 Å². The number of carbonyl (C=O) groups is 1. The lowest BCUT2D eigenvalue weighted by Crippen LogP contribution is -2.44. The van der Waals surface area contributed by atoms with E-state index >= 15 is 0 Å². The summed E-state index contributed by atoms with van der Waals surface area (Å²) >= 11 is 0. The second kappa shape index (κ2) is 13.2. The molecule has 0 saturated heterocycles. The molecule has 0 aromatic heterocycles. The van der Waals surface area contributed by atoms with Crippen molar-refractivity contribution in [1.82, 2.24) is 0 Å². The lowest BCUT2D eigenvalue weighted by atomic mass is 10.0. The fourth-order valence-electron chi connectivity index (χ4n) is 4.04. The van der Waals surface area contributed by atoms with E-state index in [0.29, 0.717) is 5.56 Å². The smallest absolute Gasteiger partial charge is 0.338 e. The number of ether oxygens (including phenoxy) is 1. The van der Waals surface area contributed by atoms with Gasteiger partial charge in [0.05, 0.1) is 11.7 Å². The van der Waals surface area contributed by atoms with Crippen molar-refractivity contribution in [3.8, 4) is 0 Å². The van der Waals surface area contributed by atoms with Crippen LogP contribution in [0.2, 0.25) is 36.3 Å². The number of hydrogen-bond donors (Lipinski definition) is 0. The van der Waals surface area contributed by atoms with Crippen molar-refractivity contribution >= 4 is 22.6 Å². The number of carbonyl (C=O) groups excluding carboxylic acids is 1. The van der Waals surface area contributed by atoms with Crippen LogP contribution in [-0.2, 0) is 13.6 Å². The van der Waals surface area contributed by atoms with Crippen molar-refractivity contribution < 1.29 is 18.4 Å². The molecule has 4 nitrogen and oxygen atoms in total. The molecule has 0 saturated carbocycles. The molecule has 0 spiro atoms. The quantitative estimate of drug-likeness (QED) is 0.107. The third-order valence-electron chi connectivity index (χ3n) is 8.65. The van der Waals surface area contributed by atoms with Crippen molar-refractivity contribution in [3.05, 3.63) is 47.5 Å². The Morgan fingerprint density at radius 1 is 0.838 bits per heavy atom. The number of rotatable bonds is 13. The average Bonchev–Trinajstić information content (AvgIpc) is 3.14. The molecule has 1 aliphatic carbocycles. The Hall–Kier alpha value is -1.22. The molecule has 1 aromatic carbocycles. The van der Waals surface area contributed by atoms with E-state index in [-0.39, 0.29) is 28.3 Å². The third-order valence-corrected chi connectivity index (χ3v) is 17.7. The summed E-state index contributed by atoms with van der Waals surface area (Å²) in [6.07, 6.45) is 9.69. The minimum absolute atomic E-state index is 0.0486. The second-order valence-electron chi connectivity index (χ2n) is 13.8. The Morgan fingerprint density at radius 2 is 1.41 bits per heavy atom. The lowest BCUT2D eigenvalue weighted by molar-refractivity contribution is 0.0351. The van der Waals surface area contributed by atoms with Gasteiger partial charge in [-0.2, -0.15) is 0 Å². The van der Waals surface area contributed by atoms with Crippen molar-refractivity contribution in [2.75, 3.05) is 6.61 Å². The fraction of sp³-hybridized carbons (Fsp3) is 0.710. The van der Waals surface area contributed by atoms with Crippen LogP contribution in [0.25, 0.3) is 0 Å². The predicted octanol–water partition coefficient (Wildman–Crippen LogP) is 9.29. The monoisotopic (exact) mass is 546 g/mol. The van der Waals surface area contributed by atoms with Crippen LogP contribution < -0.4 is 0 Å². The van der Waals surface area contributed by atoms with E-state index in [9.17, 15) is 4.79 Å². The van der Waals surface area contributed by atoms with Crippen LogP contribution in [0.4, 0.5) is 0 Å². The van der Waals surface area contributed by atoms with E-state index in [0.717, 1.165) is 32.3 Å². The second-order valence-corrected chi connectivity index (χ2v) is 23.3. The molecular weight excluding hydrogens is 493 g/mol. The predicted molar refractivity (Wildman–Crippen MR) is 161 cm³/mol. The maximum absolute atomic E-state index is 12.7. The molecule has 0 heterocycles. The Balaban J connectivity index is 1.87. The van der Waals surface area contributed by atoms with Gasteiger partial charge in [-0.15, -0.1) is 0 Å². The maximum atomic E-state index is 12.7. The van der Waals surface area contributed by atoms with Crippen LogP contribution in [0.3, 0.4) is 0 Å². The topological polar surface area (TPSA) is 44.8 Å². The van der Waals surface area contributed by atoms with E-state index in [1.54, 1.807) is 0 Å². The normalized spacial score (nSPS) is 19.1. The summed E-state index contributed by atoms with van der Waals surface area (Å²) < 4.78 is 19.0. The lowest BCUT2D eigenvalue weighted by Gasteiger charge is -2.39. The minimum atomic E-state index is -1.94. The molecule has 210 valence electrons. The van der Waals surface area contributed by atoms with Gasteiger partial charge in [0.15, 0.2) is 16.6 Å². The minimum Gasteiger partial charge on any atom is -0.454 e. The van der Waals surface area contributed by atoms with Gasteiger partial charge in [-0.3, -0.25) is 0 Å². The highest BCUT2D eigenvalue weighted by molar-refractivity contribution is 6.74. The Morgan fingerprint density at radius 3 is 2.00 bits per heavy atom. The molecule has 1 aromatic rings. The van der Waals surface area contributed by atoms with Crippen LogP contribution >= 0.6 is 0 Å². The summed E-state index contributed by atoms with van der Waals surface area (Å²) in [5.74, 6) is -0.255. The molecule has 0 N–H and O–H groups in total. The summed E-state index contributed by atoms with van der Waals surface area (Å²) in [5.41, 5.74) is 1.92. The standard InChI is InChI=1S/C31H54O4Si2/c1-30(2,3)36(7,8)33-22-18-13-11-12-15-21-26-23-27(34-29(32)25-19-16-14-17-20-25)24-28(26)35-37(9,10)31(4,5)6/h14,16-17,19-20,23,27-28H,11-13,15,18,21-22,24H2,1-10H3/t27-,28+/m1/s1. The van der Waals surface area contributed by atoms with Crippen molar-refractivity contribution in [3.63, 3.8) is 0 Å². The van der Waals surface area contributed by atoms with Crippen molar-refractivity contribution in [1.29, 1.82) is 0 Å². The molecule has 0 fully saturated rings. The molecule has 2 atom stereocenters. The van der Waals surface area contributed by atoms with E-state index in [2.05, 4.69) is 73.8 Å². The van der Waals surface area contributed by atoms with E-state index in [4.69, 9.17) is 13.6 Å². The highest BCUT2D eigenvalue weighted by atomic mass is 28.4. The van der Waals surface area contributed by atoms with Gasteiger partial charge in [-0.05, 0) is 79.3 Å². The molecule has 0 radical (unpaired) electrons. The van der Waals surface area contributed by atoms with Gasteiger partial charge in [-0.1, -0.05) is 79.0 Å². The van der Waals surface area contributed by atoms with Crippen LogP contribution in [0, 0.1) is 0 Å².